The Morgan fingerprint density at radius 3 is 2.59 bits per heavy atom. The van der Waals surface area contributed by atoms with Gasteiger partial charge >= 0.3 is 5.69 Å². The van der Waals surface area contributed by atoms with Crippen molar-refractivity contribution in [3.05, 3.63) is 68.4 Å². The molecule has 4 rings (SSSR count). The van der Waals surface area contributed by atoms with E-state index in [-0.39, 0.29) is 26.2 Å². The van der Waals surface area contributed by atoms with Gasteiger partial charge in [-0.1, -0.05) is 6.92 Å². The SMILES string of the molecule is CCCNC(=O)Cn1c(=O)c2c(C)c(-c3ncco3)sc2n(CCc2cc(F)ccc2OC)c1=O.OCCO. The number of fused-ring (bicyclic) bond motifs is 1. The Morgan fingerprint density at radius 2 is 1.97 bits per heavy atom. The first kappa shape index (κ1) is 29.7. The highest BCUT2D eigenvalue weighted by Gasteiger charge is 2.23. The van der Waals surface area contributed by atoms with Crippen molar-refractivity contribution in [2.75, 3.05) is 26.9 Å². The van der Waals surface area contributed by atoms with E-state index in [9.17, 15) is 18.8 Å². The lowest BCUT2D eigenvalue weighted by Crippen LogP contribution is -2.44. The van der Waals surface area contributed by atoms with Crippen LogP contribution in [0.1, 0.15) is 24.5 Å². The molecule has 3 heterocycles. The molecule has 0 atom stereocenters. The summed E-state index contributed by atoms with van der Waals surface area (Å²) in [6.07, 6.45) is 3.92. The number of rotatable bonds is 10. The summed E-state index contributed by atoms with van der Waals surface area (Å²) in [6, 6.07) is 4.18. The van der Waals surface area contributed by atoms with Gasteiger partial charge in [-0.25, -0.2) is 14.2 Å². The largest absolute Gasteiger partial charge is 0.496 e. The van der Waals surface area contributed by atoms with Crippen LogP contribution >= 0.6 is 11.3 Å². The number of methoxy groups -OCH3 is 1. The van der Waals surface area contributed by atoms with E-state index in [2.05, 4.69) is 10.3 Å². The molecule has 1 amide bonds. The van der Waals surface area contributed by atoms with Gasteiger partial charge in [0.25, 0.3) is 5.56 Å². The first-order valence-corrected chi connectivity index (χ1v) is 13.1. The Morgan fingerprint density at radius 1 is 1.23 bits per heavy atom. The summed E-state index contributed by atoms with van der Waals surface area (Å²) < 4.78 is 27.0. The molecule has 3 N–H and O–H groups in total. The van der Waals surface area contributed by atoms with Crippen molar-refractivity contribution in [3.63, 3.8) is 0 Å². The topological polar surface area (TPSA) is 149 Å². The number of benzene rings is 1. The van der Waals surface area contributed by atoms with Crippen molar-refractivity contribution >= 4 is 27.5 Å². The van der Waals surface area contributed by atoms with Crippen LogP contribution in [0, 0.1) is 12.7 Å². The minimum atomic E-state index is -0.621. The van der Waals surface area contributed by atoms with Crippen molar-refractivity contribution in [3.8, 4) is 16.5 Å². The van der Waals surface area contributed by atoms with Crippen LogP contribution in [-0.2, 0) is 24.3 Å². The summed E-state index contributed by atoms with van der Waals surface area (Å²) in [5.74, 6) is -0.0227. The standard InChI is InChI=1S/C24H25FN4O5S.C2H6O2/c1-4-8-26-18(30)13-29-22(31)19-14(2)20(21-27-9-11-34-21)35-23(19)28(24(29)32)10-7-15-12-16(25)5-6-17(15)33-3;3-1-2-4/h5-6,9,11-12H,4,7-8,10,13H2,1-3H3,(H,26,30);3-4H,1-2H2. The number of aliphatic hydroxyl groups is 2. The normalized spacial score (nSPS) is 10.8. The number of halogens is 1. The van der Waals surface area contributed by atoms with Crippen LogP contribution in [0.2, 0.25) is 0 Å². The Balaban J connectivity index is 0.000000983. The van der Waals surface area contributed by atoms with Gasteiger partial charge in [0.15, 0.2) is 0 Å². The molecule has 39 heavy (non-hydrogen) atoms. The molecule has 4 aromatic rings. The van der Waals surface area contributed by atoms with Gasteiger partial charge in [0.2, 0.25) is 11.8 Å². The van der Waals surface area contributed by atoms with E-state index in [4.69, 9.17) is 19.4 Å². The molecular weight excluding hydrogens is 531 g/mol. The molecule has 0 unspecified atom stereocenters. The molecule has 0 spiro atoms. The molecule has 1 aromatic carbocycles. The third kappa shape index (κ3) is 6.80. The first-order chi connectivity index (χ1) is 18.8. The summed E-state index contributed by atoms with van der Waals surface area (Å²) in [4.78, 5) is 44.5. The fourth-order valence-electron chi connectivity index (χ4n) is 3.91. The third-order valence-corrected chi connectivity index (χ3v) is 7.04. The van der Waals surface area contributed by atoms with Crippen LogP contribution in [0.5, 0.6) is 5.75 Å². The average molecular weight is 563 g/mol. The summed E-state index contributed by atoms with van der Waals surface area (Å²) in [6.45, 7) is 3.59. The zero-order chi connectivity index (χ0) is 28.5. The lowest BCUT2D eigenvalue weighted by molar-refractivity contribution is -0.121. The van der Waals surface area contributed by atoms with E-state index in [1.54, 1.807) is 6.92 Å². The highest BCUT2D eigenvalue weighted by Crippen LogP contribution is 2.35. The van der Waals surface area contributed by atoms with E-state index < -0.39 is 29.5 Å². The van der Waals surface area contributed by atoms with Crippen LogP contribution in [0.3, 0.4) is 0 Å². The molecule has 13 heteroatoms. The number of nitrogens with zero attached hydrogens (tertiary/aromatic N) is 3. The molecule has 0 radical (unpaired) electrons. The van der Waals surface area contributed by atoms with Gasteiger partial charge in [0, 0.05) is 13.1 Å². The maximum absolute atomic E-state index is 13.9. The number of aliphatic hydroxyl groups excluding tert-OH is 2. The number of ether oxygens (including phenoxy) is 1. The maximum Gasteiger partial charge on any atom is 0.332 e. The van der Waals surface area contributed by atoms with Crippen molar-refractivity contribution in [1.29, 1.82) is 0 Å². The van der Waals surface area contributed by atoms with Gasteiger partial charge in [0.05, 0.1) is 36.8 Å². The highest BCUT2D eigenvalue weighted by atomic mass is 32.1. The van der Waals surface area contributed by atoms with E-state index in [1.165, 1.54) is 53.7 Å². The van der Waals surface area contributed by atoms with E-state index >= 15 is 0 Å². The fourth-order valence-corrected chi connectivity index (χ4v) is 5.17. The van der Waals surface area contributed by atoms with Crippen LogP contribution < -0.4 is 21.3 Å². The Bertz CT molecular complexity index is 1520. The second kappa shape index (κ2) is 13.8. The van der Waals surface area contributed by atoms with Crippen LogP contribution in [0.4, 0.5) is 4.39 Å². The lowest BCUT2D eigenvalue weighted by atomic mass is 10.1. The average Bonchev–Trinajstić information content (AvgIpc) is 3.58. The van der Waals surface area contributed by atoms with E-state index in [0.29, 0.717) is 44.4 Å². The van der Waals surface area contributed by atoms with Gasteiger partial charge in [-0.3, -0.25) is 18.7 Å². The molecule has 11 nitrogen and oxygen atoms in total. The number of carbonyl (C=O) groups is 1. The van der Waals surface area contributed by atoms with Crippen molar-refractivity contribution in [2.24, 2.45) is 0 Å². The van der Waals surface area contributed by atoms with E-state index in [0.717, 1.165) is 11.0 Å². The van der Waals surface area contributed by atoms with E-state index in [1.807, 2.05) is 6.92 Å². The summed E-state index contributed by atoms with van der Waals surface area (Å²) in [7, 11) is 1.49. The fraction of sp³-hybridized carbons (Fsp3) is 0.385. The number of aryl methyl sites for hydroxylation is 3. The zero-order valence-corrected chi connectivity index (χ0v) is 22.7. The van der Waals surface area contributed by atoms with Crippen molar-refractivity contribution in [2.45, 2.75) is 39.8 Å². The van der Waals surface area contributed by atoms with Gasteiger partial charge in [-0.05, 0) is 49.1 Å². The molecule has 0 aliphatic heterocycles. The number of thiophene rings is 1. The number of carbonyl (C=O) groups excluding carboxylic acids is 1. The van der Waals surface area contributed by atoms with Crippen molar-refractivity contribution in [1.82, 2.24) is 19.4 Å². The highest BCUT2D eigenvalue weighted by molar-refractivity contribution is 7.22. The van der Waals surface area contributed by atoms with Crippen LogP contribution in [-0.4, -0.2) is 57.1 Å². The second-order valence-corrected chi connectivity index (χ2v) is 9.40. The van der Waals surface area contributed by atoms with Gasteiger partial charge in [0.1, 0.15) is 29.2 Å². The Labute approximate surface area is 227 Å². The molecule has 0 bridgehead atoms. The zero-order valence-electron chi connectivity index (χ0n) is 21.9. The number of oxazole rings is 1. The van der Waals surface area contributed by atoms with Gasteiger partial charge in [-0.2, -0.15) is 0 Å². The summed E-state index contributed by atoms with van der Waals surface area (Å²) >= 11 is 1.21. The van der Waals surface area contributed by atoms with Gasteiger partial charge < -0.3 is 24.7 Å². The minimum absolute atomic E-state index is 0.125. The summed E-state index contributed by atoms with van der Waals surface area (Å²) in [5.41, 5.74) is 0.0111. The third-order valence-electron chi connectivity index (χ3n) is 5.74. The Kier molecular flexibility index (Phi) is 10.5. The molecule has 210 valence electrons. The smallest absolute Gasteiger partial charge is 0.332 e. The Hall–Kier alpha value is -3.81. The predicted molar refractivity (Wildman–Crippen MR) is 145 cm³/mol. The second-order valence-electron chi connectivity index (χ2n) is 8.40. The lowest BCUT2D eigenvalue weighted by Gasteiger charge is -2.14. The quantitative estimate of drug-likeness (QED) is 0.266. The molecule has 0 saturated heterocycles. The molecule has 0 aliphatic rings. The first-order valence-electron chi connectivity index (χ1n) is 12.2. The van der Waals surface area contributed by atoms with Crippen LogP contribution in [0.15, 0.2) is 44.7 Å². The molecule has 3 aromatic heterocycles. The number of nitrogens with one attached hydrogen (secondary N) is 1. The van der Waals surface area contributed by atoms with Crippen molar-refractivity contribution < 1.29 is 28.6 Å². The van der Waals surface area contributed by atoms with Crippen LogP contribution in [0.25, 0.3) is 21.0 Å². The molecule has 0 aliphatic carbocycles. The number of amides is 1. The monoisotopic (exact) mass is 562 g/mol. The minimum Gasteiger partial charge on any atom is -0.496 e. The molecule has 0 fully saturated rings. The maximum atomic E-state index is 13.9. The number of aromatic nitrogens is 3. The molecule has 0 saturated carbocycles. The molecular formula is C26H31FN4O7S. The number of hydrogen-bond acceptors (Lipinski definition) is 9. The summed E-state index contributed by atoms with van der Waals surface area (Å²) in [5, 5.41) is 18.3. The number of hydrogen-bond donors (Lipinski definition) is 3. The van der Waals surface area contributed by atoms with Gasteiger partial charge in [-0.15, -0.1) is 11.3 Å². The predicted octanol–water partition coefficient (Wildman–Crippen LogP) is 2.08.